The van der Waals surface area contributed by atoms with E-state index < -0.39 is 0 Å². The van der Waals surface area contributed by atoms with Gasteiger partial charge in [0.15, 0.2) is 11.5 Å². The molecule has 2 aromatic carbocycles. The first-order valence-electron chi connectivity index (χ1n) is 12.0. The summed E-state index contributed by atoms with van der Waals surface area (Å²) in [6.45, 7) is 10.9. The molecule has 9 heteroatoms. The van der Waals surface area contributed by atoms with Crippen molar-refractivity contribution in [2.75, 3.05) is 53.2 Å². The Morgan fingerprint density at radius 2 is 1.66 bits per heavy atom. The Morgan fingerprint density at radius 1 is 1.00 bits per heavy atom. The maximum atomic E-state index is 12.8. The van der Waals surface area contributed by atoms with Crippen LogP contribution in [0.2, 0.25) is 0 Å². The van der Waals surface area contributed by atoms with E-state index >= 15 is 0 Å². The Kier molecular flexibility index (Phi) is 10.2. The summed E-state index contributed by atoms with van der Waals surface area (Å²) >= 11 is 0. The van der Waals surface area contributed by atoms with Crippen LogP contribution in [-0.4, -0.2) is 70.3 Å². The van der Waals surface area contributed by atoms with Crippen LogP contribution < -0.4 is 24.4 Å². The van der Waals surface area contributed by atoms with Crippen LogP contribution in [0.1, 0.15) is 42.3 Å². The van der Waals surface area contributed by atoms with Gasteiger partial charge in [-0.25, -0.2) is 5.43 Å². The zero-order chi connectivity index (χ0) is 25.0. The highest BCUT2D eigenvalue weighted by molar-refractivity contribution is 5.96. The molecule has 35 heavy (non-hydrogen) atoms. The smallest absolute Gasteiger partial charge is 0.271 e. The van der Waals surface area contributed by atoms with E-state index in [2.05, 4.69) is 15.4 Å². The van der Waals surface area contributed by atoms with Gasteiger partial charge in [0.05, 0.1) is 46.4 Å². The molecule has 3 rings (SSSR count). The van der Waals surface area contributed by atoms with Gasteiger partial charge in [-0.15, -0.1) is 0 Å². The highest BCUT2D eigenvalue weighted by atomic mass is 16.5. The minimum absolute atomic E-state index is 0.361. The quantitative estimate of drug-likeness (QED) is 0.364. The number of nitrogens with one attached hydrogen (secondary N) is 1. The lowest BCUT2D eigenvalue weighted by Crippen LogP contribution is -2.35. The average Bonchev–Trinajstić information content (AvgIpc) is 2.87. The van der Waals surface area contributed by atoms with Gasteiger partial charge in [0, 0.05) is 30.8 Å². The fraction of sp³-hybridized carbons (Fsp3) is 0.462. The van der Waals surface area contributed by atoms with Crippen LogP contribution in [0.3, 0.4) is 0 Å². The lowest BCUT2D eigenvalue weighted by Gasteiger charge is -2.27. The number of carbonyl (C=O) groups excluding carboxylic acids is 1. The van der Waals surface area contributed by atoms with Gasteiger partial charge >= 0.3 is 0 Å². The van der Waals surface area contributed by atoms with Gasteiger partial charge in [0.1, 0.15) is 5.75 Å². The third-order valence-corrected chi connectivity index (χ3v) is 5.35. The first kappa shape index (κ1) is 26.3. The molecule has 1 aliphatic rings. The highest BCUT2D eigenvalue weighted by Crippen LogP contribution is 2.39. The van der Waals surface area contributed by atoms with Crippen molar-refractivity contribution in [2.24, 2.45) is 5.10 Å². The number of morpholine rings is 1. The molecule has 0 bridgehead atoms. The van der Waals surface area contributed by atoms with E-state index in [0.29, 0.717) is 42.6 Å². The molecule has 1 fully saturated rings. The van der Waals surface area contributed by atoms with Gasteiger partial charge in [0.25, 0.3) is 5.91 Å². The lowest BCUT2D eigenvalue weighted by molar-refractivity contribution is 0.0339. The van der Waals surface area contributed by atoms with Crippen LogP contribution in [0.5, 0.6) is 23.0 Å². The minimum Gasteiger partial charge on any atom is -0.496 e. The van der Waals surface area contributed by atoms with Crippen molar-refractivity contribution in [3.63, 3.8) is 0 Å². The second-order valence-corrected chi connectivity index (χ2v) is 7.76. The van der Waals surface area contributed by atoms with Crippen molar-refractivity contribution in [3.8, 4) is 23.0 Å². The van der Waals surface area contributed by atoms with Crippen LogP contribution in [0.4, 0.5) is 0 Å². The summed E-state index contributed by atoms with van der Waals surface area (Å²) in [5.41, 5.74) is 4.86. The van der Waals surface area contributed by atoms with Crippen LogP contribution >= 0.6 is 0 Å². The zero-order valence-corrected chi connectivity index (χ0v) is 21.0. The number of ether oxygens (including phenoxy) is 5. The Hall–Kier alpha value is -3.30. The summed E-state index contributed by atoms with van der Waals surface area (Å²) in [4.78, 5) is 15.2. The van der Waals surface area contributed by atoms with Crippen molar-refractivity contribution >= 4 is 12.1 Å². The number of hydrogen-bond donors (Lipinski definition) is 1. The summed E-state index contributed by atoms with van der Waals surface area (Å²) in [5.74, 6) is 1.84. The van der Waals surface area contributed by atoms with E-state index in [1.54, 1.807) is 25.5 Å². The fourth-order valence-electron chi connectivity index (χ4n) is 3.75. The average molecular weight is 486 g/mol. The number of hydrogen-bond acceptors (Lipinski definition) is 8. The minimum atomic E-state index is -0.381. The maximum Gasteiger partial charge on any atom is 0.271 e. The van der Waals surface area contributed by atoms with Gasteiger partial charge in [-0.05, 0) is 56.7 Å². The second kappa shape index (κ2) is 13.6. The molecule has 0 radical (unpaired) electrons. The third-order valence-electron chi connectivity index (χ3n) is 5.35. The first-order valence-corrected chi connectivity index (χ1v) is 12.0. The number of carbonyl (C=O) groups is 1. The molecule has 1 aliphatic heterocycles. The molecule has 1 saturated heterocycles. The van der Waals surface area contributed by atoms with Crippen molar-refractivity contribution in [1.29, 1.82) is 0 Å². The Balaban J connectivity index is 1.74. The fourth-order valence-corrected chi connectivity index (χ4v) is 3.75. The first-order chi connectivity index (χ1) is 17.1. The predicted octanol–water partition coefficient (Wildman–Crippen LogP) is 3.49. The number of methoxy groups -OCH3 is 1. The molecule has 1 heterocycles. The summed E-state index contributed by atoms with van der Waals surface area (Å²) in [6.07, 6.45) is 1.61. The Morgan fingerprint density at radius 3 is 2.26 bits per heavy atom. The standard InChI is InChI=1S/C26H35N3O6/c1-5-33-23-15-20(16-24(34-6-2)25(23)35-7-3)26(30)28-27-17-19-8-9-22(31-4)21(14-19)18-29-10-12-32-13-11-29/h8-9,14-17H,5-7,10-13,18H2,1-4H3,(H,28,30)/b27-17-. The van der Waals surface area contributed by atoms with Crippen LogP contribution in [-0.2, 0) is 11.3 Å². The summed E-state index contributed by atoms with van der Waals surface area (Å²) < 4.78 is 28.0. The molecule has 9 nitrogen and oxygen atoms in total. The molecule has 2 aromatic rings. The van der Waals surface area contributed by atoms with E-state index in [1.807, 2.05) is 39.0 Å². The van der Waals surface area contributed by atoms with Crippen molar-refractivity contribution in [3.05, 3.63) is 47.0 Å². The van der Waals surface area contributed by atoms with E-state index in [9.17, 15) is 4.79 Å². The molecular weight excluding hydrogens is 450 g/mol. The third kappa shape index (κ3) is 7.34. The lowest BCUT2D eigenvalue weighted by atomic mass is 10.1. The molecule has 190 valence electrons. The molecule has 0 saturated carbocycles. The van der Waals surface area contributed by atoms with E-state index in [1.165, 1.54) is 0 Å². The number of hydrazone groups is 1. The van der Waals surface area contributed by atoms with Crippen molar-refractivity contribution < 1.29 is 28.5 Å². The normalized spacial score (nSPS) is 14.1. The number of rotatable bonds is 12. The number of nitrogens with zero attached hydrogens (tertiary/aromatic N) is 2. The summed E-state index contributed by atoms with van der Waals surface area (Å²) in [7, 11) is 1.66. The van der Waals surface area contributed by atoms with Gasteiger partial charge in [-0.1, -0.05) is 0 Å². The molecule has 1 amide bonds. The van der Waals surface area contributed by atoms with E-state index in [-0.39, 0.29) is 5.91 Å². The molecule has 0 atom stereocenters. The van der Waals surface area contributed by atoms with Crippen molar-refractivity contribution in [2.45, 2.75) is 27.3 Å². The van der Waals surface area contributed by atoms with Crippen LogP contribution in [0, 0.1) is 0 Å². The topological polar surface area (TPSA) is 90.9 Å². The van der Waals surface area contributed by atoms with Gasteiger partial charge in [-0.2, -0.15) is 5.10 Å². The van der Waals surface area contributed by atoms with Crippen LogP contribution in [0.15, 0.2) is 35.4 Å². The Labute approximate surface area is 206 Å². The molecule has 1 N–H and O–H groups in total. The zero-order valence-electron chi connectivity index (χ0n) is 21.0. The molecular formula is C26H35N3O6. The summed E-state index contributed by atoms with van der Waals surface area (Å²) in [6, 6.07) is 9.09. The van der Waals surface area contributed by atoms with E-state index in [4.69, 9.17) is 23.7 Å². The van der Waals surface area contributed by atoms with Crippen LogP contribution in [0.25, 0.3) is 0 Å². The van der Waals surface area contributed by atoms with E-state index in [0.717, 1.165) is 49.7 Å². The number of amides is 1. The summed E-state index contributed by atoms with van der Waals surface area (Å²) in [5, 5.41) is 4.16. The molecule has 0 aromatic heterocycles. The largest absolute Gasteiger partial charge is 0.496 e. The monoisotopic (exact) mass is 485 g/mol. The Bertz CT molecular complexity index is 978. The molecule has 0 unspecified atom stereocenters. The second-order valence-electron chi connectivity index (χ2n) is 7.76. The van der Waals surface area contributed by atoms with Gasteiger partial charge in [0.2, 0.25) is 5.75 Å². The molecule has 0 aliphatic carbocycles. The molecule has 0 spiro atoms. The predicted molar refractivity (Wildman–Crippen MR) is 134 cm³/mol. The SMILES string of the molecule is CCOc1cc(C(=O)N/N=C\c2ccc(OC)c(CN3CCOCC3)c2)cc(OCC)c1OCC. The van der Waals surface area contributed by atoms with Crippen molar-refractivity contribution in [1.82, 2.24) is 10.3 Å². The highest BCUT2D eigenvalue weighted by Gasteiger charge is 2.18. The number of benzene rings is 2. The van der Waals surface area contributed by atoms with Gasteiger partial charge < -0.3 is 23.7 Å². The maximum absolute atomic E-state index is 12.8. The van der Waals surface area contributed by atoms with Gasteiger partial charge in [-0.3, -0.25) is 9.69 Å².